The van der Waals surface area contributed by atoms with Gasteiger partial charge in [0.25, 0.3) is 0 Å². The smallest absolute Gasteiger partial charge is 0.0621 e. The van der Waals surface area contributed by atoms with E-state index in [4.69, 9.17) is 10.5 Å². The molecule has 0 aromatic carbocycles. The molecule has 0 aromatic rings. The van der Waals surface area contributed by atoms with Crippen LogP contribution in [0.3, 0.4) is 0 Å². The van der Waals surface area contributed by atoms with Crippen molar-refractivity contribution in [2.45, 2.75) is 65.0 Å². The second kappa shape index (κ2) is 5.13. The molecule has 0 heterocycles. The van der Waals surface area contributed by atoms with Crippen LogP contribution in [0.2, 0.25) is 0 Å². The van der Waals surface area contributed by atoms with Crippen LogP contribution in [0.5, 0.6) is 0 Å². The molecule has 1 aliphatic rings. The number of ether oxygens (including phenoxy) is 1. The first-order chi connectivity index (χ1) is 6.53. The van der Waals surface area contributed by atoms with Crippen LogP contribution in [0.25, 0.3) is 0 Å². The Morgan fingerprint density at radius 1 is 1.36 bits per heavy atom. The molecular weight excluding hydrogens is 174 g/mol. The first kappa shape index (κ1) is 12.0. The fraction of sp³-hybridized carbons (Fsp3) is 1.00. The van der Waals surface area contributed by atoms with Crippen molar-refractivity contribution in [2.75, 3.05) is 6.61 Å². The molecule has 0 aromatic heterocycles. The Bertz CT molecular complexity index is 158. The first-order valence-corrected chi connectivity index (χ1v) is 5.90. The minimum Gasteiger partial charge on any atom is -0.377 e. The molecule has 84 valence electrons. The molecular formula is C12H25NO. The van der Waals surface area contributed by atoms with Crippen molar-refractivity contribution in [1.82, 2.24) is 0 Å². The summed E-state index contributed by atoms with van der Waals surface area (Å²) in [6.45, 7) is 7.54. The third kappa shape index (κ3) is 3.97. The van der Waals surface area contributed by atoms with E-state index in [9.17, 15) is 0 Å². The minimum absolute atomic E-state index is 0.227. The normalized spacial score (nSPS) is 24.9. The van der Waals surface area contributed by atoms with E-state index >= 15 is 0 Å². The Morgan fingerprint density at radius 3 is 2.43 bits per heavy atom. The number of hydrogen-bond donors (Lipinski definition) is 1. The Labute approximate surface area is 88.2 Å². The maximum atomic E-state index is 5.82. The van der Waals surface area contributed by atoms with Crippen molar-refractivity contribution in [1.29, 1.82) is 0 Å². The molecule has 1 unspecified atom stereocenters. The molecule has 1 atom stereocenters. The molecule has 0 aliphatic heterocycles. The number of hydrogen-bond acceptors (Lipinski definition) is 2. The zero-order valence-corrected chi connectivity index (χ0v) is 9.88. The van der Waals surface area contributed by atoms with E-state index in [0.29, 0.717) is 11.5 Å². The van der Waals surface area contributed by atoms with Gasteiger partial charge in [-0.15, -0.1) is 0 Å². The molecule has 1 fully saturated rings. The minimum atomic E-state index is 0.227. The second-order valence-electron chi connectivity index (χ2n) is 5.37. The van der Waals surface area contributed by atoms with Gasteiger partial charge < -0.3 is 10.5 Å². The summed E-state index contributed by atoms with van der Waals surface area (Å²) >= 11 is 0. The molecule has 2 nitrogen and oxygen atoms in total. The Kier molecular flexibility index (Phi) is 4.39. The van der Waals surface area contributed by atoms with Crippen molar-refractivity contribution in [2.24, 2.45) is 11.1 Å². The van der Waals surface area contributed by atoms with Gasteiger partial charge >= 0.3 is 0 Å². The van der Waals surface area contributed by atoms with Gasteiger partial charge in [0.2, 0.25) is 0 Å². The van der Waals surface area contributed by atoms with Gasteiger partial charge in [-0.2, -0.15) is 0 Å². The summed E-state index contributed by atoms with van der Waals surface area (Å²) in [5, 5.41) is 0. The average molecular weight is 199 g/mol. The first-order valence-electron chi connectivity index (χ1n) is 5.90. The summed E-state index contributed by atoms with van der Waals surface area (Å²) in [4.78, 5) is 0. The van der Waals surface area contributed by atoms with Crippen LogP contribution in [-0.2, 0) is 4.74 Å². The van der Waals surface area contributed by atoms with Crippen molar-refractivity contribution in [3.05, 3.63) is 0 Å². The van der Waals surface area contributed by atoms with Crippen LogP contribution in [0.1, 0.15) is 52.9 Å². The van der Waals surface area contributed by atoms with E-state index in [2.05, 4.69) is 20.8 Å². The summed E-state index contributed by atoms with van der Waals surface area (Å²) in [5.74, 6) is 0. The van der Waals surface area contributed by atoms with Crippen LogP contribution in [0.4, 0.5) is 0 Å². The second-order valence-corrected chi connectivity index (χ2v) is 5.37. The largest absolute Gasteiger partial charge is 0.377 e. The molecule has 0 bridgehead atoms. The van der Waals surface area contributed by atoms with Crippen LogP contribution < -0.4 is 5.73 Å². The van der Waals surface area contributed by atoms with Gasteiger partial charge in [0.1, 0.15) is 0 Å². The highest BCUT2D eigenvalue weighted by Gasteiger charge is 2.27. The monoisotopic (exact) mass is 199 g/mol. The number of rotatable bonds is 4. The molecule has 0 spiro atoms. The molecule has 0 amide bonds. The summed E-state index contributed by atoms with van der Waals surface area (Å²) < 4.78 is 5.80. The maximum absolute atomic E-state index is 5.82. The Balaban J connectivity index is 2.16. The van der Waals surface area contributed by atoms with E-state index < -0.39 is 0 Å². The SMILES string of the molecule is CCC(N)COC1CCC(C)(C)CC1. The zero-order chi connectivity index (χ0) is 10.6. The van der Waals surface area contributed by atoms with E-state index in [1.165, 1.54) is 25.7 Å². The van der Waals surface area contributed by atoms with Gasteiger partial charge in [-0.25, -0.2) is 0 Å². The van der Waals surface area contributed by atoms with Crippen molar-refractivity contribution in [3.8, 4) is 0 Å². The van der Waals surface area contributed by atoms with Crippen LogP contribution in [0, 0.1) is 5.41 Å². The summed E-state index contributed by atoms with van der Waals surface area (Å²) in [6, 6.07) is 0.227. The Hall–Kier alpha value is -0.0800. The molecule has 14 heavy (non-hydrogen) atoms. The maximum Gasteiger partial charge on any atom is 0.0621 e. The van der Waals surface area contributed by atoms with Crippen LogP contribution in [0.15, 0.2) is 0 Å². The lowest BCUT2D eigenvalue weighted by Gasteiger charge is -2.34. The van der Waals surface area contributed by atoms with E-state index in [1.807, 2.05) is 0 Å². The van der Waals surface area contributed by atoms with E-state index in [1.54, 1.807) is 0 Å². The standard InChI is InChI=1S/C12H25NO/c1-4-10(13)9-14-11-5-7-12(2,3)8-6-11/h10-11H,4-9,13H2,1-3H3. The zero-order valence-electron chi connectivity index (χ0n) is 9.88. The van der Waals surface area contributed by atoms with Gasteiger partial charge in [-0.3, -0.25) is 0 Å². The fourth-order valence-corrected chi connectivity index (χ4v) is 1.92. The van der Waals surface area contributed by atoms with Crippen molar-refractivity contribution < 1.29 is 4.74 Å². The molecule has 1 aliphatic carbocycles. The lowest BCUT2D eigenvalue weighted by atomic mass is 9.76. The third-order valence-corrected chi connectivity index (χ3v) is 3.36. The van der Waals surface area contributed by atoms with Crippen molar-refractivity contribution >= 4 is 0 Å². The van der Waals surface area contributed by atoms with E-state index in [-0.39, 0.29) is 6.04 Å². The molecule has 2 heteroatoms. The van der Waals surface area contributed by atoms with Gasteiger partial charge in [0.15, 0.2) is 0 Å². The van der Waals surface area contributed by atoms with Gasteiger partial charge in [0, 0.05) is 6.04 Å². The summed E-state index contributed by atoms with van der Waals surface area (Å²) in [6.07, 6.45) is 6.49. The molecule has 1 saturated carbocycles. The van der Waals surface area contributed by atoms with Crippen LogP contribution >= 0.6 is 0 Å². The quantitative estimate of drug-likeness (QED) is 0.755. The summed E-state index contributed by atoms with van der Waals surface area (Å²) in [7, 11) is 0. The van der Waals surface area contributed by atoms with Gasteiger partial charge in [-0.05, 0) is 37.5 Å². The van der Waals surface area contributed by atoms with Gasteiger partial charge in [0.05, 0.1) is 12.7 Å². The highest BCUT2D eigenvalue weighted by Crippen LogP contribution is 2.36. The van der Waals surface area contributed by atoms with Crippen LogP contribution in [-0.4, -0.2) is 18.8 Å². The predicted molar refractivity (Wildman–Crippen MR) is 60.3 cm³/mol. The highest BCUT2D eigenvalue weighted by molar-refractivity contribution is 4.79. The third-order valence-electron chi connectivity index (χ3n) is 3.36. The lowest BCUT2D eigenvalue weighted by molar-refractivity contribution is -0.00189. The topological polar surface area (TPSA) is 35.2 Å². The Morgan fingerprint density at radius 2 is 1.93 bits per heavy atom. The predicted octanol–water partition coefficient (Wildman–Crippen LogP) is 2.71. The molecule has 2 N–H and O–H groups in total. The number of nitrogens with two attached hydrogens (primary N) is 1. The lowest BCUT2D eigenvalue weighted by Crippen LogP contribution is -2.32. The molecule has 1 rings (SSSR count). The molecule has 0 saturated heterocycles. The summed E-state index contributed by atoms with van der Waals surface area (Å²) in [5.41, 5.74) is 6.35. The average Bonchev–Trinajstić information content (AvgIpc) is 2.16. The fourth-order valence-electron chi connectivity index (χ4n) is 1.92. The highest BCUT2D eigenvalue weighted by atomic mass is 16.5. The molecule has 0 radical (unpaired) electrons. The van der Waals surface area contributed by atoms with Gasteiger partial charge in [-0.1, -0.05) is 20.8 Å². The van der Waals surface area contributed by atoms with E-state index in [0.717, 1.165) is 13.0 Å². The van der Waals surface area contributed by atoms with Crippen molar-refractivity contribution in [3.63, 3.8) is 0 Å².